The molecule has 0 unspecified atom stereocenters. The van der Waals surface area contributed by atoms with E-state index >= 15 is 0 Å². The Morgan fingerprint density at radius 3 is 2.27 bits per heavy atom. The molecule has 0 spiro atoms. The summed E-state index contributed by atoms with van der Waals surface area (Å²) < 4.78 is 5.73. The van der Waals surface area contributed by atoms with Gasteiger partial charge in [-0.1, -0.05) is 81.4 Å². The lowest BCUT2D eigenvalue weighted by molar-refractivity contribution is -0.113. The Kier molecular flexibility index (Phi) is 6.79. The molecule has 4 rings (SSSR count). The van der Waals surface area contributed by atoms with Gasteiger partial charge in [0.1, 0.15) is 5.70 Å². The van der Waals surface area contributed by atoms with Crippen LogP contribution >= 0.6 is 11.8 Å². The SMILES string of the molecule is Cc1ccc(N2C(=O)/C(=C\c3ccc(C(C)C)cc3)N=C2SCc2nnc(C(C)C)o2)cc1. The maximum absolute atomic E-state index is 13.4. The van der Waals surface area contributed by atoms with E-state index in [-0.39, 0.29) is 11.8 Å². The van der Waals surface area contributed by atoms with E-state index in [0.717, 1.165) is 16.8 Å². The molecule has 2 heterocycles. The van der Waals surface area contributed by atoms with Crippen LogP contribution in [0.4, 0.5) is 5.69 Å². The lowest BCUT2D eigenvalue weighted by atomic mass is 10.0. The molecule has 0 fully saturated rings. The van der Waals surface area contributed by atoms with E-state index in [1.54, 1.807) is 4.90 Å². The van der Waals surface area contributed by atoms with Gasteiger partial charge in [-0.25, -0.2) is 4.99 Å². The van der Waals surface area contributed by atoms with E-state index in [1.165, 1.54) is 17.3 Å². The minimum absolute atomic E-state index is 0.150. The Morgan fingerprint density at radius 2 is 1.67 bits per heavy atom. The second kappa shape index (κ2) is 9.75. The summed E-state index contributed by atoms with van der Waals surface area (Å²) in [5.74, 6) is 2.04. The van der Waals surface area contributed by atoms with Crippen LogP contribution in [0.3, 0.4) is 0 Å². The van der Waals surface area contributed by atoms with E-state index in [9.17, 15) is 4.79 Å². The van der Waals surface area contributed by atoms with Crippen LogP contribution in [0.1, 0.15) is 68.0 Å². The summed E-state index contributed by atoms with van der Waals surface area (Å²) in [4.78, 5) is 19.7. The van der Waals surface area contributed by atoms with Crippen molar-refractivity contribution in [1.82, 2.24) is 10.2 Å². The zero-order valence-corrected chi connectivity index (χ0v) is 20.4. The van der Waals surface area contributed by atoms with Crippen molar-refractivity contribution in [1.29, 1.82) is 0 Å². The third-order valence-electron chi connectivity index (χ3n) is 5.33. The number of carbonyl (C=O) groups excluding carboxylic acids is 1. The number of amides is 1. The van der Waals surface area contributed by atoms with Gasteiger partial charge in [-0.3, -0.25) is 9.69 Å². The highest BCUT2D eigenvalue weighted by molar-refractivity contribution is 8.13. The molecule has 0 bridgehead atoms. The van der Waals surface area contributed by atoms with Crippen molar-refractivity contribution in [3.05, 3.63) is 82.7 Å². The number of aromatic nitrogens is 2. The third kappa shape index (κ3) is 5.25. The first-order valence-corrected chi connectivity index (χ1v) is 12.1. The Morgan fingerprint density at radius 1 is 0.970 bits per heavy atom. The Hall–Kier alpha value is -3.19. The molecule has 7 heteroatoms. The maximum Gasteiger partial charge on any atom is 0.283 e. The van der Waals surface area contributed by atoms with E-state index in [2.05, 4.69) is 41.2 Å². The van der Waals surface area contributed by atoms with Gasteiger partial charge in [-0.05, 0) is 42.2 Å². The first-order valence-electron chi connectivity index (χ1n) is 11.1. The van der Waals surface area contributed by atoms with Crippen LogP contribution < -0.4 is 4.90 Å². The molecule has 0 atom stereocenters. The minimum Gasteiger partial charge on any atom is -0.424 e. The standard InChI is InChI=1S/C26H28N4O2S/c1-16(2)20-10-8-19(9-11-20)14-22-25(31)30(21-12-6-18(5)7-13-21)26(27-22)33-15-23-28-29-24(32-23)17(3)4/h6-14,16-17H,15H2,1-5H3/b22-14+. The number of nitrogens with zero attached hydrogens (tertiary/aromatic N) is 4. The first kappa shape index (κ1) is 23.0. The Bertz CT molecular complexity index is 1190. The molecule has 2 aromatic carbocycles. The van der Waals surface area contributed by atoms with Crippen molar-refractivity contribution in [2.24, 2.45) is 4.99 Å². The molecule has 3 aromatic rings. The molecular formula is C26H28N4O2S. The zero-order valence-electron chi connectivity index (χ0n) is 19.6. The lowest BCUT2D eigenvalue weighted by Crippen LogP contribution is -2.30. The van der Waals surface area contributed by atoms with Crippen LogP contribution in [0.15, 0.2) is 63.6 Å². The predicted octanol–water partition coefficient (Wildman–Crippen LogP) is 6.30. The molecule has 1 aromatic heterocycles. The number of carbonyl (C=O) groups is 1. The van der Waals surface area contributed by atoms with Gasteiger partial charge < -0.3 is 4.42 Å². The summed E-state index contributed by atoms with van der Waals surface area (Å²) in [6.45, 7) is 10.4. The molecule has 0 aliphatic carbocycles. The van der Waals surface area contributed by atoms with Crippen LogP contribution in [-0.4, -0.2) is 21.3 Å². The molecule has 1 amide bonds. The number of aliphatic imine (C=N–C) groups is 1. The normalized spacial score (nSPS) is 15.2. The molecule has 0 saturated heterocycles. The molecule has 1 aliphatic rings. The molecule has 6 nitrogen and oxygen atoms in total. The highest BCUT2D eigenvalue weighted by Crippen LogP contribution is 2.31. The summed E-state index contributed by atoms with van der Waals surface area (Å²) in [6, 6.07) is 16.1. The first-order chi connectivity index (χ1) is 15.8. The molecule has 170 valence electrons. The van der Waals surface area contributed by atoms with Crippen LogP contribution in [0.5, 0.6) is 0 Å². The van der Waals surface area contributed by atoms with Crippen molar-refractivity contribution < 1.29 is 9.21 Å². The monoisotopic (exact) mass is 460 g/mol. The molecule has 33 heavy (non-hydrogen) atoms. The second-order valence-electron chi connectivity index (χ2n) is 8.70. The summed E-state index contributed by atoms with van der Waals surface area (Å²) in [6.07, 6.45) is 1.84. The predicted molar refractivity (Wildman–Crippen MR) is 134 cm³/mol. The fourth-order valence-electron chi connectivity index (χ4n) is 3.33. The van der Waals surface area contributed by atoms with E-state index in [4.69, 9.17) is 4.42 Å². The van der Waals surface area contributed by atoms with Gasteiger partial charge in [0.05, 0.1) is 11.4 Å². The number of thioether (sulfide) groups is 1. The number of aryl methyl sites for hydroxylation is 1. The maximum atomic E-state index is 13.4. The Labute approximate surface area is 198 Å². The van der Waals surface area contributed by atoms with Crippen molar-refractivity contribution in [3.63, 3.8) is 0 Å². The molecule has 0 radical (unpaired) electrons. The number of hydrogen-bond donors (Lipinski definition) is 0. The van der Waals surface area contributed by atoms with E-state index in [1.807, 2.05) is 63.2 Å². The summed E-state index contributed by atoms with van der Waals surface area (Å²) in [7, 11) is 0. The van der Waals surface area contributed by atoms with Crippen LogP contribution in [0, 0.1) is 6.92 Å². The largest absolute Gasteiger partial charge is 0.424 e. The van der Waals surface area contributed by atoms with Crippen LogP contribution in [0.25, 0.3) is 6.08 Å². The van der Waals surface area contributed by atoms with Gasteiger partial charge in [-0.2, -0.15) is 0 Å². The quantitative estimate of drug-likeness (QED) is 0.404. The summed E-state index contributed by atoms with van der Waals surface area (Å²) in [5.41, 5.74) is 4.52. The van der Waals surface area contributed by atoms with Crippen molar-refractivity contribution in [3.8, 4) is 0 Å². The van der Waals surface area contributed by atoms with Gasteiger partial charge in [0.2, 0.25) is 11.8 Å². The van der Waals surface area contributed by atoms with Crippen LogP contribution in [0.2, 0.25) is 0 Å². The fraction of sp³-hybridized carbons (Fsp3) is 0.308. The number of rotatable bonds is 6. The van der Waals surface area contributed by atoms with Crippen molar-refractivity contribution in [2.75, 3.05) is 4.90 Å². The average molecular weight is 461 g/mol. The highest BCUT2D eigenvalue weighted by atomic mass is 32.2. The number of anilines is 1. The molecule has 0 N–H and O–H groups in total. The van der Waals surface area contributed by atoms with Crippen molar-refractivity contribution >= 4 is 34.6 Å². The smallest absolute Gasteiger partial charge is 0.283 e. The van der Waals surface area contributed by atoms with Crippen molar-refractivity contribution in [2.45, 2.75) is 52.2 Å². The van der Waals surface area contributed by atoms with Gasteiger partial charge in [0.15, 0.2) is 5.17 Å². The van der Waals surface area contributed by atoms with Gasteiger partial charge in [-0.15, -0.1) is 10.2 Å². The minimum atomic E-state index is -0.150. The molecule has 1 aliphatic heterocycles. The summed E-state index contributed by atoms with van der Waals surface area (Å²) in [5, 5.41) is 8.81. The van der Waals surface area contributed by atoms with Gasteiger partial charge >= 0.3 is 0 Å². The van der Waals surface area contributed by atoms with Gasteiger partial charge in [0, 0.05) is 5.92 Å². The topological polar surface area (TPSA) is 71.6 Å². The molecular weight excluding hydrogens is 432 g/mol. The van der Waals surface area contributed by atoms with Crippen LogP contribution in [-0.2, 0) is 10.5 Å². The van der Waals surface area contributed by atoms with E-state index < -0.39 is 0 Å². The number of hydrogen-bond acceptors (Lipinski definition) is 6. The van der Waals surface area contributed by atoms with Gasteiger partial charge in [0.25, 0.3) is 5.91 Å². The highest BCUT2D eigenvalue weighted by Gasteiger charge is 2.32. The summed E-state index contributed by atoms with van der Waals surface area (Å²) >= 11 is 1.41. The third-order valence-corrected chi connectivity index (χ3v) is 6.25. The average Bonchev–Trinajstić information content (AvgIpc) is 3.39. The lowest BCUT2D eigenvalue weighted by Gasteiger charge is -2.17. The molecule has 0 saturated carbocycles. The fourth-order valence-corrected chi connectivity index (χ4v) is 4.18. The zero-order chi connectivity index (χ0) is 23.5. The van der Waals surface area contributed by atoms with E-state index in [0.29, 0.717) is 34.3 Å². The second-order valence-corrected chi connectivity index (χ2v) is 9.64. The number of amidine groups is 1. The Balaban J connectivity index is 1.62. The number of benzene rings is 2.